The molecule has 18 heavy (non-hydrogen) atoms. The van der Waals surface area contributed by atoms with Crippen LogP contribution in [-0.2, 0) is 0 Å². The molecule has 0 bridgehead atoms. The van der Waals surface area contributed by atoms with Crippen molar-refractivity contribution in [2.45, 2.75) is 37.8 Å². The number of hydrogen-bond donors (Lipinski definition) is 2. The number of urea groups is 1. The fraction of sp³-hybridized carbons (Fsp3) is 0.923. The van der Waals surface area contributed by atoms with Gasteiger partial charge >= 0.3 is 6.03 Å². The van der Waals surface area contributed by atoms with Crippen LogP contribution in [0.15, 0.2) is 0 Å². The van der Waals surface area contributed by atoms with E-state index in [9.17, 15) is 4.79 Å². The van der Waals surface area contributed by atoms with Crippen molar-refractivity contribution in [3.8, 4) is 0 Å². The number of rotatable bonds is 4. The van der Waals surface area contributed by atoms with E-state index in [1.54, 1.807) is 0 Å². The lowest BCUT2D eigenvalue weighted by atomic mass is 10.0. The van der Waals surface area contributed by atoms with Crippen LogP contribution in [0.25, 0.3) is 0 Å². The molecule has 5 nitrogen and oxygen atoms in total. The van der Waals surface area contributed by atoms with Crippen molar-refractivity contribution in [3.63, 3.8) is 0 Å². The van der Waals surface area contributed by atoms with Gasteiger partial charge in [-0.1, -0.05) is 0 Å². The van der Waals surface area contributed by atoms with Crippen molar-refractivity contribution < 1.29 is 4.79 Å². The van der Waals surface area contributed by atoms with Crippen LogP contribution in [0.3, 0.4) is 0 Å². The molecule has 0 aromatic heterocycles. The van der Waals surface area contributed by atoms with Crippen LogP contribution in [0.4, 0.5) is 4.79 Å². The van der Waals surface area contributed by atoms with Gasteiger partial charge in [0.2, 0.25) is 0 Å². The maximum absolute atomic E-state index is 11.5. The van der Waals surface area contributed by atoms with Gasteiger partial charge < -0.3 is 15.5 Å². The Bertz CT molecular complexity index is 303. The minimum atomic E-state index is 0.115. The molecule has 102 valence electrons. The first-order valence-electron chi connectivity index (χ1n) is 7.35. The SMILES string of the molecule is O=C1NCCN1CCN1CCCC1C1CCCN1. The summed E-state index contributed by atoms with van der Waals surface area (Å²) >= 11 is 0. The molecule has 0 spiro atoms. The number of carbonyl (C=O) groups is 1. The van der Waals surface area contributed by atoms with Gasteiger partial charge in [0, 0.05) is 38.3 Å². The van der Waals surface area contributed by atoms with E-state index in [-0.39, 0.29) is 6.03 Å². The molecule has 3 fully saturated rings. The first-order chi connectivity index (χ1) is 8.84. The van der Waals surface area contributed by atoms with E-state index >= 15 is 0 Å². The highest BCUT2D eigenvalue weighted by Crippen LogP contribution is 2.24. The lowest BCUT2D eigenvalue weighted by Crippen LogP contribution is -2.46. The topological polar surface area (TPSA) is 47.6 Å². The number of carbonyl (C=O) groups excluding carboxylic acids is 1. The van der Waals surface area contributed by atoms with E-state index in [1.807, 2.05) is 4.90 Å². The summed E-state index contributed by atoms with van der Waals surface area (Å²) in [7, 11) is 0. The van der Waals surface area contributed by atoms with Gasteiger partial charge in [-0.05, 0) is 38.8 Å². The van der Waals surface area contributed by atoms with Crippen molar-refractivity contribution in [1.29, 1.82) is 0 Å². The van der Waals surface area contributed by atoms with Crippen LogP contribution in [0, 0.1) is 0 Å². The zero-order chi connectivity index (χ0) is 12.4. The molecule has 0 radical (unpaired) electrons. The van der Waals surface area contributed by atoms with Crippen LogP contribution in [0.1, 0.15) is 25.7 Å². The van der Waals surface area contributed by atoms with E-state index in [1.165, 1.54) is 38.8 Å². The van der Waals surface area contributed by atoms with E-state index in [2.05, 4.69) is 15.5 Å². The zero-order valence-electron chi connectivity index (χ0n) is 11.0. The predicted octanol–water partition coefficient (Wildman–Crippen LogP) is 0.228. The van der Waals surface area contributed by atoms with Crippen LogP contribution in [0.2, 0.25) is 0 Å². The highest BCUT2D eigenvalue weighted by molar-refractivity contribution is 5.76. The van der Waals surface area contributed by atoms with Crippen molar-refractivity contribution in [2.24, 2.45) is 0 Å². The summed E-state index contributed by atoms with van der Waals surface area (Å²) in [5, 5.41) is 6.50. The molecular formula is C13H24N4O. The summed E-state index contributed by atoms with van der Waals surface area (Å²) in [6.45, 7) is 6.00. The van der Waals surface area contributed by atoms with Crippen molar-refractivity contribution in [2.75, 3.05) is 39.3 Å². The second kappa shape index (κ2) is 5.45. The summed E-state index contributed by atoms with van der Waals surface area (Å²) in [5.74, 6) is 0. The molecule has 0 saturated carbocycles. The molecule has 3 saturated heterocycles. The van der Waals surface area contributed by atoms with Crippen molar-refractivity contribution >= 4 is 6.03 Å². The second-order valence-corrected chi connectivity index (χ2v) is 5.67. The average Bonchev–Trinajstić information content (AvgIpc) is 3.07. The minimum Gasteiger partial charge on any atom is -0.336 e. The summed E-state index contributed by atoms with van der Waals surface area (Å²) in [6, 6.07) is 1.52. The molecule has 2 unspecified atom stereocenters. The molecular weight excluding hydrogens is 228 g/mol. The third-order valence-electron chi connectivity index (χ3n) is 4.58. The molecule has 2 amide bonds. The second-order valence-electron chi connectivity index (χ2n) is 5.67. The van der Waals surface area contributed by atoms with Crippen LogP contribution < -0.4 is 10.6 Å². The van der Waals surface area contributed by atoms with E-state index in [0.29, 0.717) is 12.1 Å². The molecule has 0 aromatic carbocycles. The first kappa shape index (κ1) is 12.2. The van der Waals surface area contributed by atoms with E-state index in [4.69, 9.17) is 0 Å². The highest BCUT2D eigenvalue weighted by atomic mass is 16.2. The molecule has 0 aliphatic carbocycles. The Kier molecular flexibility index (Phi) is 3.70. The third-order valence-corrected chi connectivity index (χ3v) is 4.58. The molecule has 2 atom stereocenters. The standard InChI is InChI=1S/C13H24N4O/c18-13-15-6-8-17(13)10-9-16-7-2-4-12(16)11-3-1-5-14-11/h11-12,14H,1-10H2,(H,15,18). The fourth-order valence-electron chi connectivity index (χ4n) is 3.60. The predicted molar refractivity (Wildman–Crippen MR) is 70.6 cm³/mol. The number of hydrogen-bond acceptors (Lipinski definition) is 3. The lowest BCUT2D eigenvalue weighted by Gasteiger charge is -2.30. The van der Waals surface area contributed by atoms with Gasteiger partial charge in [-0.2, -0.15) is 0 Å². The van der Waals surface area contributed by atoms with Crippen molar-refractivity contribution in [1.82, 2.24) is 20.4 Å². The Morgan fingerprint density at radius 1 is 1.11 bits per heavy atom. The van der Waals surface area contributed by atoms with E-state index < -0.39 is 0 Å². The molecule has 5 heteroatoms. The van der Waals surface area contributed by atoms with Crippen LogP contribution in [0.5, 0.6) is 0 Å². The van der Waals surface area contributed by atoms with Gasteiger partial charge in [0.25, 0.3) is 0 Å². The number of nitrogens with zero attached hydrogens (tertiary/aromatic N) is 2. The average molecular weight is 252 g/mol. The molecule has 2 N–H and O–H groups in total. The number of nitrogens with one attached hydrogen (secondary N) is 2. The molecule has 3 heterocycles. The highest BCUT2D eigenvalue weighted by Gasteiger charge is 2.33. The molecule has 3 aliphatic rings. The Balaban J connectivity index is 1.50. The van der Waals surface area contributed by atoms with Gasteiger partial charge in [-0.25, -0.2) is 4.79 Å². The zero-order valence-corrected chi connectivity index (χ0v) is 11.0. The van der Waals surface area contributed by atoms with E-state index in [0.717, 1.165) is 26.2 Å². The largest absolute Gasteiger partial charge is 0.336 e. The maximum Gasteiger partial charge on any atom is 0.317 e. The van der Waals surface area contributed by atoms with Gasteiger partial charge in [-0.3, -0.25) is 4.90 Å². The minimum absolute atomic E-state index is 0.115. The Hall–Kier alpha value is -0.810. The van der Waals surface area contributed by atoms with Crippen molar-refractivity contribution in [3.05, 3.63) is 0 Å². The monoisotopic (exact) mass is 252 g/mol. The third kappa shape index (κ3) is 2.47. The molecule has 3 aliphatic heterocycles. The van der Waals surface area contributed by atoms with Gasteiger partial charge in [0.1, 0.15) is 0 Å². The summed E-state index contributed by atoms with van der Waals surface area (Å²) < 4.78 is 0. The van der Waals surface area contributed by atoms with Crippen LogP contribution >= 0.6 is 0 Å². The van der Waals surface area contributed by atoms with Gasteiger partial charge in [0.15, 0.2) is 0 Å². The Morgan fingerprint density at radius 3 is 2.78 bits per heavy atom. The summed E-state index contributed by atoms with van der Waals surface area (Å²) in [6.07, 6.45) is 5.29. The Morgan fingerprint density at radius 2 is 2.06 bits per heavy atom. The Labute approximate surface area is 109 Å². The fourth-order valence-corrected chi connectivity index (χ4v) is 3.60. The molecule has 3 rings (SSSR count). The smallest absolute Gasteiger partial charge is 0.317 e. The summed E-state index contributed by atoms with van der Waals surface area (Å²) in [4.78, 5) is 16.0. The lowest BCUT2D eigenvalue weighted by molar-refractivity contribution is 0.181. The molecule has 0 aromatic rings. The number of likely N-dealkylation sites (tertiary alicyclic amines) is 1. The normalized spacial score (nSPS) is 33.3. The maximum atomic E-state index is 11.5. The first-order valence-corrected chi connectivity index (χ1v) is 7.35. The van der Waals surface area contributed by atoms with Crippen LogP contribution in [-0.4, -0.2) is 67.2 Å². The van der Waals surface area contributed by atoms with Gasteiger partial charge in [-0.15, -0.1) is 0 Å². The van der Waals surface area contributed by atoms with Gasteiger partial charge in [0.05, 0.1) is 0 Å². The summed E-state index contributed by atoms with van der Waals surface area (Å²) in [5.41, 5.74) is 0. The number of amides is 2. The quantitative estimate of drug-likeness (QED) is 0.753.